The Morgan fingerprint density at radius 2 is 0.643 bits per heavy atom. The van der Waals surface area contributed by atoms with Gasteiger partial charge in [0.05, 0.1) is 22.7 Å². The summed E-state index contributed by atoms with van der Waals surface area (Å²) in [6.45, 7) is 0. The summed E-state index contributed by atoms with van der Waals surface area (Å²) in [5, 5.41) is 4.45. The Bertz CT molecular complexity index is 931. The SMILES string of the molecule is Brc1ccc(N(c2ccccc2)N(c2ccccc2)c2ccc(Br)cc2)cc1. The molecule has 0 unspecified atom stereocenters. The van der Waals surface area contributed by atoms with Gasteiger partial charge < -0.3 is 0 Å². The molecule has 0 aliphatic rings. The first-order valence-corrected chi connectivity index (χ1v) is 10.5. The van der Waals surface area contributed by atoms with E-state index in [1.54, 1.807) is 0 Å². The smallest absolute Gasteiger partial charge is 0.0637 e. The van der Waals surface area contributed by atoms with Gasteiger partial charge in [-0.15, -0.1) is 0 Å². The van der Waals surface area contributed by atoms with E-state index in [0.29, 0.717) is 0 Å². The maximum absolute atomic E-state index is 3.55. The predicted octanol–water partition coefficient (Wildman–Crippen LogP) is 8.10. The Hall–Kier alpha value is -2.56. The first-order chi connectivity index (χ1) is 13.7. The van der Waals surface area contributed by atoms with Gasteiger partial charge in [-0.05, 0) is 72.8 Å². The molecular weight excluding hydrogens is 476 g/mol. The Kier molecular flexibility index (Phi) is 5.79. The first-order valence-electron chi connectivity index (χ1n) is 8.94. The Morgan fingerprint density at radius 1 is 0.357 bits per heavy atom. The van der Waals surface area contributed by atoms with Crippen molar-refractivity contribution in [1.82, 2.24) is 0 Å². The molecule has 4 aromatic rings. The molecule has 0 saturated carbocycles. The summed E-state index contributed by atoms with van der Waals surface area (Å²) in [6, 6.07) is 37.5. The molecule has 2 nitrogen and oxygen atoms in total. The van der Waals surface area contributed by atoms with E-state index in [4.69, 9.17) is 0 Å². The van der Waals surface area contributed by atoms with E-state index in [1.807, 2.05) is 12.1 Å². The summed E-state index contributed by atoms with van der Waals surface area (Å²) in [5.41, 5.74) is 4.30. The van der Waals surface area contributed by atoms with E-state index < -0.39 is 0 Å². The summed E-state index contributed by atoms with van der Waals surface area (Å²) in [4.78, 5) is 0. The molecule has 0 spiro atoms. The van der Waals surface area contributed by atoms with Crippen molar-refractivity contribution in [1.29, 1.82) is 0 Å². The molecule has 0 fully saturated rings. The molecule has 28 heavy (non-hydrogen) atoms. The Balaban J connectivity index is 1.93. The van der Waals surface area contributed by atoms with Crippen molar-refractivity contribution in [3.8, 4) is 0 Å². The third kappa shape index (κ3) is 4.13. The number of para-hydroxylation sites is 2. The van der Waals surface area contributed by atoms with Crippen LogP contribution >= 0.6 is 31.9 Å². The van der Waals surface area contributed by atoms with Gasteiger partial charge in [0.15, 0.2) is 0 Å². The van der Waals surface area contributed by atoms with Crippen molar-refractivity contribution in [3.63, 3.8) is 0 Å². The van der Waals surface area contributed by atoms with Crippen molar-refractivity contribution in [2.45, 2.75) is 0 Å². The molecule has 0 radical (unpaired) electrons. The lowest BCUT2D eigenvalue weighted by molar-refractivity contribution is 0.989. The molecule has 0 aliphatic heterocycles. The van der Waals surface area contributed by atoms with Crippen molar-refractivity contribution < 1.29 is 0 Å². The first kappa shape index (κ1) is 18.8. The number of anilines is 4. The van der Waals surface area contributed by atoms with Crippen LogP contribution in [0.2, 0.25) is 0 Å². The molecule has 0 N–H and O–H groups in total. The molecule has 4 aromatic carbocycles. The number of hydrogen-bond acceptors (Lipinski definition) is 2. The van der Waals surface area contributed by atoms with Crippen molar-refractivity contribution in [2.75, 3.05) is 10.0 Å². The fourth-order valence-corrected chi connectivity index (χ4v) is 3.59. The normalized spacial score (nSPS) is 10.5. The summed E-state index contributed by atoms with van der Waals surface area (Å²) >= 11 is 7.10. The van der Waals surface area contributed by atoms with Crippen LogP contribution in [-0.4, -0.2) is 0 Å². The molecular formula is C24H18Br2N2. The minimum atomic E-state index is 1.05. The number of hydrazine groups is 1. The number of hydrogen-bond donors (Lipinski definition) is 0. The number of halogens is 2. The zero-order chi connectivity index (χ0) is 19.3. The van der Waals surface area contributed by atoms with Gasteiger partial charge in [0, 0.05) is 8.95 Å². The highest BCUT2D eigenvalue weighted by Gasteiger charge is 2.21. The van der Waals surface area contributed by atoms with Crippen LogP contribution in [0.5, 0.6) is 0 Å². The molecule has 4 rings (SSSR count). The van der Waals surface area contributed by atoms with E-state index in [9.17, 15) is 0 Å². The standard InChI is InChI=1S/C24H18Br2N2/c25-19-11-15-23(16-12-19)27(21-7-3-1-4-8-21)28(22-9-5-2-6-10-22)24-17-13-20(26)14-18-24/h1-18H. The average molecular weight is 494 g/mol. The van der Waals surface area contributed by atoms with Crippen LogP contribution in [0.1, 0.15) is 0 Å². The maximum Gasteiger partial charge on any atom is 0.0637 e. The zero-order valence-electron chi connectivity index (χ0n) is 15.0. The van der Waals surface area contributed by atoms with E-state index in [2.05, 4.69) is 139 Å². The van der Waals surface area contributed by atoms with Crippen LogP contribution in [-0.2, 0) is 0 Å². The van der Waals surface area contributed by atoms with Gasteiger partial charge in [-0.3, -0.25) is 0 Å². The lowest BCUT2D eigenvalue weighted by Crippen LogP contribution is -2.35. The fraction of sp³-hybridized carbons (Fsp3) is 0. The molecule has 0 atom stereocenters. The lowest BCUT2D eigenvalue weighted by atomic mass is 10.2. The predicted molar refractivity (Wildman–Crippen MR) is 125 cm³/mol. The summed E-state index contributed by atoms with van der Waals surface area (Å²) in [5.74, 6) is 0. The third-order valence-corrected chi connectivity index (χ3v) is 5.40. The number of rotatable bonds is 5. The molecule has 0 bridgehead atoms. The average Bonchev–Trinajstić information content (AvgIpc) is 2.75. The summed E-state index contributed by atoms with van der Waals surface area (Å²) in [6.07, 6.45) is 0. The van der Waals surface area contributed by atoms with Gasteiger partial charge in [0.1, 0.15) is 0 Å². The quantitative estimate of drug-likeness (QED) is 0.259. The van der Waals surface area contributed by atoms with E-state index in [0.717, 1.165) is 31.7 Å². The molecule has 138 valence electrons. The van der Waals surface area contributed by atoms with Crippen molar-refractivity contribution >= 4 is 54.6 Å². The minimum absolute atomic E-state index is 1.05. The largest absolute Gasteiger partial charge is 0.249 e. The van der Waals surface area contributed by atoms with Crippen LogP contribution < -0.4 is 10.0 Å². The summed E-state index contributed by atoms with van der Waals surface area (Å²) in [7, 11) is 0. The maximum atomic E-state index is 3.55. The highest BCUT2D eigenvalue weighted by atomic mass is 79.9. The van der Waals surface area contributed by atoms with Gasteiger partial charge in [0.2, 0.25) is 0 Å². The van der Waals surface area contributed by atoms with Crippen LogP contribution in [0.25, 0.3) is 0 Å². The molecule has 0 saturated heterocycles. The highest BCUT2D eigenvalue weighted by Crippen LogP contribution is 2.37. The van der Waals surface area contributed by atoms with Gasteiger partial charge in [-0.2, -0.15) is 0 Å². The summed E-state index contributed by atoms with van der Waals surface area (Å²) < 4.78 is 2.11. The topological polar surface area (TPSA) is 6.48 Å². The molecule has 4 heteroatoms. The van der Waals surface area contributed by atoms with Crippen LogP contribution in [0.15, 0.2) is 118 Å². The lowest BCUT2D eigenvalue weighted by Gasteiger charge is -2.38. The minimum Gasteiger partial charge on any atom is -0.249 e. The second-order valence-electron chi connectivity index (χ2n) is 6.25. The Labute approximate surface area is 182 Å². The monoisotopic (exact) mass is 492 g/mol. The van der Waals surface area contributed by atoms with Gasteiger partial charge >= 0.3 is 0 Å². The van der Waals surface area contributed by atoms with Gasteiger partial charge in [0.25, 0.3) is 0 Å². The number of nitrogens with zero attached hydrogens (tertiary/aromatic N) is 2. The highest BCUT2D eigenvalue weighted by molar-refractivity contribution is 9.10. The van der Waals surface area contributed by atoms with Crippen LogP contribution in [0.4, 0.5) is 22.7 Å². The van der Waals surface area contributed by atoms with E-state index in [-0.39, 0.29) is 0 Å². The molecule has 0 aromatic heterocycles. The van der Waals surface area contributed by atoms with Crippen molar-refractivity contribution in [2.24, 2.45) is 0 Å². The van der Waals surface area contributed by atoms with Crippen molar-refractivity contribution in [3.05, 3.63) is 118 Å². The molecule has 0 aliphatic carbocycles. The Morgan fingerprint density at radius 3 is 0.964 bits per heavy atom. The van der Waals surface area contributed by atoms with E-state index in [1.165, 1.54) is 0 Å². The molecule has 0 heterocycles. The molecule has 0 amide bonds. The second kappa shape index (κ2) is 8.63. The third-order valence-electron chi connectivity index (χ3n) is 4.34. The number of benzene rings is 4. The van der Waals surface area contributed by atoms with Crippen LogP contribution in [0.3, 0.4) is 0 Å². The zero-order valence-corrected chi connectivity index (χ0v) is 18.2. The van der Waals surface area contributed by atoms with Crippen LogP contribution in [0, 0.1) is 0 Å². The second-order valence-corrected chi connectivity index (χ2v) is 8.08. The van der Waals surface area contributed by atoms with Gasteiger partial charge in [-0.1, -0.05) is 68.3 Å². The van der Waals surface area contributed by atoms with Gasteiger partial charge in [-0.25, -0.2) is 10.0 Å². The fourth-order valence-electron chi connectivity index (χ4n) is 3.06. The van der Waals surface area contributed by atoms with E-state index >= 15 is 0 Å².